The first-order valence-corrected chi connectivity index (χ1v) is 2.17. The highest BCUT2D eigenvalue weighted by Crippen LogP contribution is 1.85. The summed E-state index contributed by atoms with van der Waals surface area (Å²) in [6.07, 6.45) is 1.44. The van der Waals surface area contributed by atoms with Crippen LogP contribution in [-0.4, -0.2) is 14.3 Å². The largest absolute Gasteiger partial charge is 0.219 e. The smallest absolute Gasteiger partial charge is 0.149 e. The third-order valence-electron chi connectivity index (χ3n) is 0.580. The van der Waals surface area contributed by atoms with Gasteiger partial charge in [-0.3, -0.25) is 0 Å². The van der Waals surface area contributed by atoms with Gasteiger partial charge in [-0.05, 0) is 6.92 Å². The third kappa shape index (κ3) is 0.899. The van der Waals surface area contributed by atoms with Gasteiger partial charge in [-0.15, -0.1) is 5.10 Å². The molecule has 0 radical (unpaired) electrons. The molecular formula is C3H4ClN3. The molecule has 0 N–H and O–H groups in total. The predicted molar refractivity (Wildman–Crippen MR) is 26.0 cm³/mol. The predicted octanol–water partition coefficient (Wildman–Crippen LogP) is 0.588. The Bertz CT molecular complexity index is 142. The molecule has 0 saturated heterocycles. The molecule has 3 nitrogen and oxygen atoms in total. The van der Waals surface area contributed by atoms with Gasteiger partial charge in [0.25, 0.3) is 0 Å². The number of halogens is 1. The normalized spacial score (nSPS) is 9.43. The van der Waals surface area contributed by atoms with Gasteiger partial charge in [0.2, 0.25) is 0 Å². The number of hydrogen-bond acceptors (Lipinski definition) is 2. The van der Waals surface area contributed by atoms with Gasteiger partial charge >= 0.3 is 0 Å². The van der Waals surface area contributed by atoms with Crippen LogP contribution >= 0.6 is 11.8 Å². The molecule has 0 spiro atoms. The van der Waals surface area contributed by atoms with Crippen LogP contribution < -0.4 is 0 Å². The SMILES string of the molecule is Cc1ncn(Cl)n1. The van der Waals surface area contributed by atoms with Crippen molar-refractivity contribution in [1.82, 2.24) is 14.3 Å². The topological polar surface area (TPSA) is 30.7 Å². The van der Waals surface area contributed by atoms with E-state index in [0.717, 1.165) is 4.20 Å². The Morgan fingerprint density at radius 3 is 2.71 bits per heavy atom. The lowest BCUT2D eigenvalue weighted by molar-refractivity contribution is 0.962. The van der Waals surface area contributed by atoms with Crippen LogP contribution in [0.4, 0.5) is 0 Å². The van der Waals surface area contributed by atoms with Gasteiger partial charge < -0.3 is 0 Å². The molecular weight excluding hydrogens is 114 g/mol. The highest BCUT2D eigenvalue weighted by molar-refractivity contribution is 6.14. The average molecular weight is 118 g/mol. The fraction of sp³-hybridized carbons (Fsp3) is 0.333. The number of hydrogen-bond donors (Lipinski definition) is 0. The van der Waals surface area contributed by atoms with Gasteiger partial charge in [-0.2, -0.15) is 4.20 Å². The van der Waals surface area contributed by atoms with E-state index in [0.29, 0.717) is 5.82 Å². The van der Waals surface area contributed by atoms with Gasteiger partial charge in [-0.25, -0.2) is 4.98 Å². The van der Waals surface area contributed by atoms with Crippen LogP contribution in [0.15, 0.2) is 6.33 Å². The van der Waals surface area contributed by atoms with E-state index in [1.165, 1.54) is 6.33 Å². The van der Waals surface area contributed by atoms with E-state index in [1.54, 1.807) is 6.92 Å². The Kier molecular flexibility index (Phi) is 0.982. The van der Waals surface area contributed by atoms with Crippen molar-refractivity contribution in [3.63, 3.8) is 0 Å². The number of nitrogens with zero attached hydrogens (tertiary/aromatic N) is 3. The molecule has 0 aliphatic rings. The summed E-state index contributed by atoms with van der Waals surface area (Å²) in [6.45, 7) is 1.78. The molecule has 0 aromatic carbocycles. The van der Waals surface area contributed by atoms with E-state index in [-0.39, 0.29) is 0 Å². The molecule has 7 heavy (non-hydrogen) atoms. The fourth-order valence-corrected chi connectivity index (χ4v) is 0.474. The van der Waals surface area contributed by atoms with Crippen LogP contribution in [0.25, 0.3) is 0 Å². The Balaban J connectivity index is 3.04. The van der Waals surface area contributed by atoms with Gasteiger partial charge in [0, 0.05) is 11.8 Å². The van der Waals surface area contributed by atoms with Gasteiger partial charge in [0.15, 0.2) is 0 Å². The van der Waals surface area contributed by atoms with Crippen LogP contribution in [0.3, 0.4) is 0 Å². The van der Waals surface area contributed by atoms with Crippen molar-refractivity contribution >= 4 is 11.8 Å². The van der Waals surface area contributed by atoms with Gasteiger partial charge in [0.1, 0.15) is 12.2 Å². The van der Waals surface area contributed by atoms with Crippen molar-refractivity contribution in [2.24, 2.45) is 0 Å². The van der Waals surface area contributed by atoms with Gasteiger partial charge in [0.05, 0.1) is 0 Å². The first-order valence-electron chi connectivity index (χ1n) is 1.83. The summed E-state index contributed by atoms with van der Waals surface area (Å²) in [5.41, 5.74) is 0. The second kappa shape index (κ2) is 1.50. The molecule has 0 bridgehead atoms. The highest BCUT2D eigenvalue weighted by atomic mass is 35.5. The summed E-state index contributed by atoms with van der Waals surface area (Å²) in [6, 6.07) is 0. The molecule has 0 aliphatic carbocycles. The zero-order valence-corrected chi connectivity index (χ0v) is 4.55. The molecule has 1 aromatic rings. The quantitative estimate of drug-likeness (QED) is 0.498. The summed E-state index contributed by atoms with van der Waals surface area (Å²) < 4.78 is 1.15. The molecule has 0 saturated carbocycles. The van der Waals surface area contributed by atoms with E-state index in [4.69, 9.17) is 11.8 Å². The second-order valence-corrected chi connectivity index (χ2v) is 1.53. The molecule has 0 aliphatic heterocycles. The summed E-state index contributed by atoms with van der Waals surface area (Å²) in [5.74, 6) is 0.690. The van der Waals surface area contributed by atoms with Crippen molar-refractivity contribution in [3.05, 3.63) is 12.2 Å². The summed E-state index contributed by atoms with van der Waals surface area (Å²) in [5, 5.41) is 3.68. The number of aryl methyl sites for hydroxylation is 1. The minimum atomic E-state index is 0.690. The molecule has 38 valence electrons. The Morgan fingerprint density at radius 2 is 2.57 bits per heavy atom. The van der Waals surface area contributed by atoms with E-state index in [9.17, 15) is 0 Å². The molecule has 0 fully saturated rings. The Labute approximate surface area is 46.0 Å². The molecule has 1 aromatic heterocycles. The lowest BCUT2D eigenvalue weighted by Gasteiger charge is -1.72. The summed E-state index contributed by atoms with van der Waals surface area (Å²) >= 11 is 5.30. The van der Waals surface area contributed by atoms with Crippen molar-refractivity contribution in [2.45, 2.75) is 6.92 Å². The van der Waals surface area contributed by atoms with Crippen molar-refractivity contribution in [1.29, 1.82) is 0 Å². The first kappa shape index (κ1) is 4.59. The van der Waals surface area contributed by atoms with Crippen LogP contribution in [0.5, 0.6) is 0 Å². The Morgan fingerprint density at radius 1 is 1.86 bits per heavy atom. The molecule has 0 atom stereocenters. The maximum Gasteiger partial charge on any atom is 0.149 e. The maximum atomic E-state index is 5.30. The van der Waals surface area contributed by atoms with E-state index in [1.807, 2.05) is 0 Å². The standard InChI is InChI=1S/C3H4ClN3/c1-3-5-2-7(4)6-3/h2H,1H3. The van der Waals surface area contributed by atoms with Crippen LogP contribution in [-0.2, 0) is 0 Å². The summed E-state index contributed by atoms with van der Waals surface area (Å²) in [7, 11) is 0. The monoisotopic (exact) mass is 117 g/mol. The highest BCUT2D eigenvalue weighted by Gasteiger charge is 1.85. The lowest BCUT2D eigenvalue weighted by atomic mass is 10.8. The Hall–Kier alpha value is -0.570. The maximum absolute atomic E-state index is 5.30. The minimum Gasteiger partial charge on any atom is -0.219 e. The van der Waals surface area contributed by atoms with Crippen molar-refractivity contribution < 1.29 is 0 Å². The van der Waals surface area contributed by atoms with Crippen LogP contribution in [0, 0.1) is 6.92 Å². The number of aromatic nitrogens is 3. The third-order valence-corrected chi connectivity index (χ3v) is 0.743. The van der Waals surface area contributed by atoms with E-state index >= 15 is 0 Å². The second-order valence-electron chi connectivity index (χ2n) is 1.18. The molecule has 1 rings (SSSR count). The first-order chi connectivity index (χ1) is 3.29. The lowest BCUT2D eigenvalue weighted by Crippen LogP contribution is -1.77. The average Bonchev–Trinajstić information content (AvgIpc) is 1.87. The fourth-order valence-electron chi connectivity index (χ4n) is 0.321. The van der Waals surface area contributed by atoms with Crippen molar-refractivity contribution in [3.8, 4) is 0 Å². The van der Waals surface area contributed by atoms with Crippen LogP contribution in [0.1, 0.15) is 5.82 Å². The van der Waals surface area contributed by atoms with Gasteiger partial charge in [-0.1, -0.05) is 0 Å². The molecule has 4 heteroatoms. The van der Waals surface area contributed by atoms with Crippen LogP contribution in [0.2, 0.25) is 0 Å². The van der Waals surface area contributed by atoms with Crippen molar-refractivity contribution in [2.75, 3.05) is 0 Å². The number of rotatable bonds is 0. The van der Waals surface area contributed by atoms with E-state index < -0.39 is 0 Å². The molecule has 1 heterocycles. The molecule has 0 unspecified atom stereocenters. The minimum absolute atomic E-state index is 0.690. The molecule has 0 amide bonds. The summed E-state index contributed by atoms with van der Waals surface area (Å²) in [4.78, 5) is 3.74. The zero-order chi connectivity index (χ0) is 5.28. The van der Waals surface area contributed by atoms with E-state index in [2.05, 4.69) is 10.1 Å². The zero-order valence-electron chi connectivity index (χ0n) is 3.80.